The maximum Gasteiger partial charge on any atom is 0.227 e. The zero-order valence-electron chi connectivity index (χ0n) is 14.6. The van der Waals surface area contributed by atoms with Gasteiger partial charge in [-0.05, 0) is 30.4 Å². The van der Waals surface area contributed by atoms with Crippen LogP contribution < -0.4 is 5.32 Å². The summed E-state index contributed by atoms with van der Waals surface area (Å²) >= 11 is 0. The smallest absolute Gasteiger partial charge is 0.227 e. The lowest BCUT2D eigenvalue weighted by molar-refractivity contribution is -0.120. The van der Waals surface area contributed by atoms with Gasteiger partial charge in [-0.3, -0.25) is 9.69 Å². The molecule has 1 fully saturated rings. The third-order valence-electron chi connectivity index (χ3n) is 5.14. The van der Waals surface area contributed by atoms with Gasteiger partial charge in [-0.15, -0.1) is 0 Å². The fourth-order valence-electron chi connectivity index (χ4n) is 2.96. The van der Waals surface area contributed by atoms with E-state index in [-0.39, 0.29) is 17.9 Å². The highest BCUT2D eigenvalue weighted by Gasteiger charge is 2.21. The number of para-hydroxylation sites is 1. The van der Waals surface area contributed by atoms with E-state index in [9.17, 15) is 9.90 Å². The van der Waals surface area contributed by atoms with Crippen molar-refractivity contribution in [3.63, 3.8) is 0 Å². The van der Waals surface area contributed by atoms with Crippen molar-refractivity contribution in [1.82, 2.24) is 4.90 Å². The van der Waals surface area contributed by atoms with Crippen molar-refractivity contribution in [2.45, 2.75) is 52.7 Å². The van der Waals surface area contributed by atoms with Crippen molar-refractivity contribution >= 4 is 11.6 Å². The first-order valence-corrected chi connectivity index (χ1v) is 8.80. The number of nitrogens with zero attached hydrogens (tertiary/aromatic N) is 1. The van der Waals surface area contributed by atoms with E-state index in [1.165, 1.54) is 0 Å². The van der Waals surface area contributed by atoms with Gasteiger partial charge < -0.3 is 10.4 Å². The molecule has 0 aromatic heterocycles. The molecule has 2 N–H and O–H groups in total. The van der Waals surface area contributed by atoms with Crippen molar-refractivity contribution in [3.05, 3.63) is 29.8 Å². The van der Waals surface area contributed by atoms with E-state index in [2.05, 4.69) is 30.1 Å². The molecule has 1 aromatic rings. The van der Waals surface area contributed by atoms with Gasteiger partial charge in [-0.2, -0.15) is 0 Å². The molecule has 0 aliphatic carbocycles. The van der Waals surface area contributed by atoms with Crippen LogP contribution in [0.1, 0.15) is 45.6 Å². The van der Waals surface area contributed by atoms with Gasteiger partial charge in [0.25, 0.3) is 0 Å². The summed E-state index contributed by atoms with van der Waals surface area (Å²) in [5, 5.41) is 12.7. The minimum Gasteiger partial charge on any atom is -0.393 e. The third kappa shape index (κ3) is 5.05. The van der Waals surface area contributed by atoms with Crippen molar-refractivity contribution in [2.75, 3.05) is 18.4 Å². The number of rotatable bonds is 6. The number of hydrogen-bond donors (Lipinski definition) is 2. The van der Waals surface area contributed by atoms with Gasteiger partial charge in [0.15, 0.2) is 0 Å². The number of likely N-dealkylation sites (tertiary alicyclic amines) is 1. The highest BCUT2D eigenvalue weighted by molar-refractivity contribution is 5.93. The number of anilines is 1. The Kier molecular flexibility index (Phi) is 6.60. The number of piperidine rings is 1. The Morgan fingerprint density at radius 2 is 1.96 bits per heavy atom. The van der Waals surface area contributed by atoms with Crippen molar-refractivity contribution in [2.24, 2.45) is 11.8 Å². The molecule has 0 saturated carbocycles. The Bertz CT molecular complexity index is 510. The van der Waals surface area contributed by atoms with Crippen LogP contribution in [0.2, 0.25) is 0 Å². The lowest BCUT2D eigenvalue weighted by atomic mass is 9.92. The maximum absolute atomic E-state index is 12.4. The molecule has 1 aliphatic heterocycles. The number of carbonyl (C=O) groups is 1. The minimum absolute atomic E-state index is 0.0122. The van der Waals surface area contributed by atoms with Gasteiger partial charge in [-0.25, -0.2) is 0 Å². The summed E-state index contributed by atoms with van der Waals surface area (Å²) in [4.78, 5) is 14.8. The van der Waals surface area contributed by atoms with E-state index in [1.54, 1.807) is 0 Å². The van der Waals surface area contributed by atoms with Gasteiger partial charge in [0, 0.05) is 31.2 Å². The summed E-state index contributed by atoms with van der Waals surface area (Å²) in [6, 6.07) is 8.04. The standard InChI is InChI=1S/C19H30N2O2/c1-4-14(2)15(3)19(23)20-18-8-6-5-7-16(18)13-21-11-9-17(22)10-12-21/h5-8,14-15,17,22H,4,9-13H2,1-3H3,(H,20,23). The maximum atomic E-state index is 12.4. The molecule has 4 heteroatoms. The van der Waals surface area contributed by atoms with E-state index in [0.717, 1.165) is 50.1 Å². The second-order valence-corrected chi connectivity index (χ2v) is 6.83. The van der Waals surface area contributed by atoms with Crippen LogP contribution in [0.4, 0.5) is 5.69 Å². The van der Waals surface area contributed by atoms with Crippen LogP contribution >= 0.6 is 0 Å². The number of aliphatic hydroxyl groups excluding tert-OH is 1. The number of aliphatic hydroxyl groups is 1. The Balaban J connectivity index is 2.01. The van der Waals surface area contributed by atoms with E-state index in [4.69, 9.17) is 0 Å². The molecule has 1 amide bonds. The molecule has 2 atom stereocenters. The quantitative estimate of drug-likeness (QED) is 0.846. The monoisotopic (exact) mass is 318 g/mol. The van der Waals surface area contributed by atoms with Gasteiger partial charge in [0.1, 0.15) is 0 Å². The van der Waals surface area contributed by atoms with Crippen molar-refractivity contribution in [3.8, 4) is 0 Å². The highest BCUT2D eigenvalue weighted by atomic mass is 16.3. The van der Waals surface area contributed by atoms with Crippen LogP contribution in [0.5, 0.6) is 0 Å². The normalized spacial score (nSPS) is 19.3. The van der Waals surface area contributed by atoms with Gasteiger partial charge >= 0.3 is 0 Å². The van der Waals surface area contributed by atoms with Crippen molar-refractivity contribution < 1.29 is 9.90 Å². The number of amides is 1. The minimum atomic E-state index is -0.155. The van der Waals surface area contributed by atoms with E-state index >= 15 is 0 Å². The topological polar surface area (TPSA) is 52.6 Å². The van der Waals surface area contributed by atoms with Crippen molar-refractivity contribution in [1.29, 1.82) is 0 Å². The summed E-state index contributed by atoms with van der Waals surface area (Å²) in [6.45, 7) is 8.88. The second kappa shape index (κ2) is 8.46. The molecular formula is C19H30N2O2. The summed E-state index contributed by atoms with van der Waals surface area (Å²) in [7, 11) is 0. The molecule has 0 bridgehead atoms. The first kappa shape index (κ1) is 18.0. The van der Waals surface area contributed by atoms with E-state index in [0.29, 0.717) is 5.92 Å². The van der Waals surface area contributed by atoms with E-state index < -0.39 is 0 Å². The predicted octanol–water partition coefficient (Wildman–Crippen LogP) is 3.26. The Hall–Kier alpha value is -1.39. The fraction of sp³-hybridized carbons (Fsp3) is 0.632. The second-order valence-electron chi connectivity index (χ2n) is 6.83. The molecular weight excluding hydrogens is 288 g/mol. The first-order valence-electron chi connectivity index (χ1n) is 8.80. The van der Waals surface area contributed by atoms with Gasteiger partial charge in [-0.1, -0.05) is 45.4 Å². The Morgan fingerprint density at radius 1 is 1.30 bits per heavy atom. The molecule has 2 unspecified atom stereocenters. The molecule has 4 nitrogen and oxygen atoms in total. The molecule has 1 aliphatic rings. The lowest BCUT2D eigenvalue weighted by Gasteiger charge is -2.30. The van der Waals surface area contributed by atoms with Gasteiger partial charge in [0.05, 0.1) is 6.10 Å². The summed E-state index contributed by atoms with van der Waals surface area (Å²) in [5.74, 6) is 0.491. The Labute approximate surface area is 139 Å². The third-order valence-corrected chi connectivity index (χ3v) is 5.14. The van der Waals surface area contributed by atoms with Crippen LogP contribution in [-0.4, -0.2) is 35.1 Å². The first-order chi connectivity index (χ1) is 11.0. The number of benzene rings is 1. The average Bonchev–Trinajstić information content (AvgIpc) is 2.57. The van der Waals surface area contributed by atoms with Crippen LogP contribution in [0.15, 0.2) is 24.3 Å². The zero-order chi connectivity index (χ0) is 16.8. The zero-order valence-corrected chi connectivity index (χ0v) is 14.6. The average molecular weight is 318 g/mol. The summed E-state index contributed by atoms with van der Waals surface area (Å²) < 4.78 is 0. The summed E-state index contributed by atoms with van der Waals surface area (Å²) in [5.41, 5.74) is 2.06. The van der Waals surface area contributed by atoms with E-state index in [1.807, 2.05) is 25.1 Å². The largest absolute Gasteiger partial charge is 0.393 e. The van der Waals surface area contributed by atoms with Crippen LogP contribution in [-0.2, 0) is 11.3 Å². The summed E-state index contributed by atoms with van der Waals surface area (Å²) in [6.07, 6.45) is 2.52. The highest BCUT2D eigenvalue weighted by Crippen LogP contribution is 2.22. The molecule has 23 heavy (non-hydrogen) atoms. The number of hydrogen-bond acceptors (Lipinski definition) is 3. The Morgan fingerprint density at radius 3 is 2.61 bits per heavy atom. The SMILES string of the molecule is CCC(C)C(C)C(=O)Nc1ccccc1CN1CCC(O)CC1. The molecule has 2 rings (SSSR count). The molecule has 1 aromatic carbocycles. The van der Waals surface area contributed by atoms with Crippen LogP contribution in [0.25, 0.3) is 0 Å². The fourth-order valence-corrected chi connectivity index (χ4v) is 2.96. The molecule has 0 spiro atoms. The lowest BCUT2D eigenvalue weighted by Crippen LogP contribution is -2.35. The molecule has 128 valence electrons. The molecule has 1 heterocycles. The number of nitrogens with one attached hydrogen (secondary N) is 1. The van der Waals surface area contributed by atoms with Gasteiger partial charge in [0.2, 0.25) is 5.91 Å². The van der Waals surface area contributed by atoms with Crippen LogP contribution in [0, 0.1) is 11.8 Å². The van der Waals surface area contributed by atoms with Crippen LogP contribution in [0.3, 0.4) is 0 Å². The molecule has 0 radical (unpaired) electrons. The predicted molar refractivity (Wildman–Crippen MR) is 94.2 cm³/mol. The number of carbonyl (C=O) groups excluding carboxylic acids is 1. The molecule has 1 saturated heterocycles.